The highest BCUT2D eigenvalue weighted by Crippen LogP contribution is 2.44. The quantitative estimate of drug-likeness (QED) is 0.801. The Labute approximate surface area is 104 Å². The molecule has 1 spiro atoms. The first-order chi connectivity index (χ1) is 8.26. The number of rotatable bonds is 1. The van der Waals surface area contributed by atoms with E-state index >= 15 is 0 Å². The summed E-state index contributed by atoms with van der Waals surface area (Å²) < 4.78 is 0. The summed E-state index contributed by atoms with van der Waals surface area (Å²) in [6.45, 7) is 6.89. The lowest BCUT2D eigenvalue weighted by atomic mass is 9.66. The summed E-state index contributed by atoms with van der Waals surface area (Å²) in [5.74, 6) is 0.746. The highest BCUT2D eigenvalue weighted by molar-refractivity contribution is 5.36. The molecule has 1 fully saturated rings. The van der Waals surface area contributed by atoms with E-state index in [2.05, 4.69) is 31.3 Å². The topological polar surface area (TPSA) is 24.9 Å². The number of aryl methyl sites for hydroxylation is 2. The fraction of sp³-hybridized carbons (Fsp3) is 0.667. The molecule has 1 aliphatic carbocycles. The van der Waals surface area contributed by atoms with E-state index in [9.17, 15) is 0 Å². The molecule has 1 aliphatic heterocycles. The Balaban J connectivity index is 2.08. The lowest BCUT2D eigenvalue weighted by Crippen LogP contribution is -2.38. The molecule has 1 N–H and O–H groups in total. The molecule has 1 aromatic heterocycles. The van der Waals surface area contributed by atoms with Crippen LogP contribution in [0.5, 0.6) is 0 Å². The van der Waals surface area contributed by atoms with Gasteiger partial charge in [-0.15, -0.1) is 0 Å². The SMILES string of the molecule is CCc1ccc2c(n1)CCCC21CNCC1C. The predicted molar refractivity (Wildman–Crippen MR) is 70.3 cm³/mol. The lowest BCUT2D eigenvalue weighted by molar-refractivity contribution is 0.310. The van der Waals surface area contributed by atoms with Gasteiger partial charge in [0.15, 0.2) is 0 Å². The summed E-state index contributed by atoms with van der Waals surface area (Å²) in [6, 6.07) is 4.60. The molecule has 0 radical (unpaired) electrons. The molecule has 2 atom stereocenters. The summed E-state index contributed by atoms with van der Waals surface area (Å²) in [4.78, 5) is 4.86. The standard InChI is InChI=1S/C15H22N2/c1-3-12-6-7-13-14(17-12)5-4-8-15(13)10-16-9-11(15)2/h6-7,11,16H,3-5,8-10H2,1-2H3. The second kappa shape index (κ2) is 4.09. The highest BCUT2D eigenvalue weighted by Gasteiger charge is 2.44. The molecule has 2 nitrogen and oxygen atoms in total. The van der Waals surface area contributed by atoms with Crippen LogP contribution in [0.1, 0.15) is 43.6 Å². The summed E-state index contributed by atoms with van der Waals surface area (Å²) in [6.07, 6.45) is 4.87. The minimum Gasteiger partial charge on any atom is -0.316 e. The third-order valence-electron chi connectivity index (χ3n) is 4.80. The Morgan fingerprint density at radius 3 is 3.06 bits per heavy atom. The van der Waals surface area contributed by atoms with E-state index in [4.69, 9.17) is 4.98 Å². The van der Waals surface area contributed by atoms with Crippen molar-refractivity contribution in [3.05, 3.63) is 29.1 Å². The van der Waals surface area contributed by atoms with Crippen LogP contribution in [-0.2, 0) is 18.3 Å². The minimum atomic E-state index is 0.382. The maximum atomic E-state index is 4.86. The van der Waals surface area contributed by atoms with Gasteiger partial charge in [0.05, 0.1) is 0 Å². The first-order valence-electron chi connectivity index (χ1n) is 6.96. The highest BCUT2D eigenvalue weighted by atomic mass is 14.9. The van der Waals surface area contributed by atoms with Crippen LogP contribution in [0.25, 0.3) is 0 Å². The third-order valence-corrected chi connectivity index (χ3v) is 4.80. The van der Waals surface area contributed by atoms with Crippen LogP contribution in [0.15, 0.2) is 12.1 Å². The van der Waals surface area contributed by atoms with E-state index in [1.165, 1.54) is 30.7 Å². The number of hydrogen-bond donors (Lipinski definition) is 1. The molecule has 1 aromatic rings. The molecule has 17 heavy (non-hydrogen) atoms. The van der Waals surface area contributed by atoms with Crippen LogP contribution in [0, 0.1) is 5.92 Å². The van der Waals surface area contributed by atoms with Crippen molar-refractivity contribution in [2.24, 2.45) is 5.92 Å². The van der Waals surface area contributed by atoms with Crippen LogP contribution in [0.2, 0.25) is 0 Å². The van der Waals surface area contributed by atoms with Gasteiger partial charge in [-0.1, -0.05) is 19.9 Å². The first kappa shape index (κ1) is 11.2. The van der Waals surface area contributed by atoms with Gasteiger partial charge in [0.2, 0.25) is 0 Å². The van der Waals surface area contributed by atoms with Crippen molar-refractivity contribution < 1.29 is 0 Å². The number of nitrogens with one attached hydrogen (secondary N) is 1. The van der Waals surface area contributed by atoms with Crippen molar-refractivity contribution in [3.63, 3.8) is 0 Å². The number of fused-ring (bicyclic) bond motifs is 2. The summed E-state index contributed by atoms with van der Waals surface area (Å²) in [7, 11) is 0. The fourth-order valence-electron chi connectivity index (χ4n) is 3.67. The van der Waals surface area contributed by atoms with Crippen molar-refractivity contribution in [2.45, 2.75) is 44.9 Å². The van der Waals surface area contributed by atoms with E-state index in [-0.39, 0.29) is 0 Å². The van der Waals surface area contributed by atoms with Gasteiger partial charge in [0.25, 0.3) is 0 Å². The van der Waals surface area contributed by atoms with Gasteiger partial charge in [-0.05, 0) is 49.8 Å². The molecule has 0 bridgehead atoms. The van der Waals surface area contributed by atoms with Gasteiger partial charge < -0.3 is 5.32 Å². The van der Waals surface area contributed by atoms with Crippen LogP contribution in [0.4, 0.5) is 0 Å². The molecular formula is C15H22N2. The summed E-state index contributed by atoms with van der Waals surface area (Å²) in [5, 5.41) is 3.57. The van der Waals surface area contributed by atoms with Gasteiger partial charge in [0.1, 0.15) is 0 Å². The van der Waals surface area contributed by atoms with Gasteiger partial charge in [-0.25, -0.2) is 0 Å². The van der Waals surface area contributed by atoms with Crippen molar-refractivity contribution >= 4 is 0 Å². The largest absolute Gasteiger partial charge is 0.316 e. The van der Waals surface area contributed by atoms with E-state index in [0.717, 1.165) is 25.4 Å². The maximum absolute atomic E-state index is 4.86. The molecule has 3 rings (SSSR count). The van der Waals surface area contributed by atoms with Crippen LogP contribution in [0.3, 0.4) is 0 Å². The fourth-order valence-corrected chi connectivity index (χ4v) is 3.67. The zero-order chi connectivity index (χ0) is 11.9. The molecule has 92 valence electrons. The second-order valence-corrected chi connectivity index (χ2v) is 5.69. The van der Waals surface area contributed by atoms with E-state index in [0.29, 0.717) is 5.41 Å². The number of aromatic nitrogens is 1. The zero-order valence-electron chi connectivity index (χ0n) is 10.9. The third kappa shape index (κ3) is 1.61. The summed E-state index contributed by atoms with van der Waals surface area (Å²) >= 11 is 0. The molecule has 1 saturated heterocycles. The Kier molecular flexibility index (Phi) is 2.70. The van der Waals surface area contributed by atoms with E-state index < -0.39 is 0 Å². The van der Waals surface area contributed by atoms with E-state index in [1.54, 1.807) is 5.56 Å². The van der Waals surface area contributed by atoms with Crippen LogP contribution >= 0.6 is 0 Å². The van der Waals surface area contributed by atoms with E-state index in [1.807, 2.05) is 0 Å². The first-order valence-corrected chi connectivity index (χ1v) is 6.96. The predicted octanol–water partition coefficient (Wildman–Crippen LogP) is 2.46. The second-order valence-electron chi connectivity index (χ2n) is 5.69. The van der Waals surface area contributed by atoms with Gasteiger partial charge in [-0.2, -0.15) is 0 Å². The number of pyridine rings is 1. The van der Waals surface area contributed by atoms with Crippen molar-refractivity contribution in [2.75, 3.05) is 13.1 Å². The Bertz CT molecular complexity index is 427. The average molecular weight is 230 g/mol. The Morgan fingerprint density at radius 2 is 2.35 bits per heavy atom. The number of hydrogen-bond acceptors (Lipinski definition) is 2. The molecule has 0 aromatic carbocycles. The molecule has 0 saturated carbocycles. The van der Waals surface area contributed by atoms with Crippen LogP contribution < -0.4 is 5.32 Å². The van der Waals surface area contributed by atoms with Crippen molar-refractivity contribution in [1.82, 2.24) is 10.3 Å². The maximum Gasteiger partial charge on any atom is 0.0445 e. The Morgan fingerprint density at radius 1 is 1.47 bits per heavy atom. The average Bonchev–Trinajstić information content (AvgIpc) is 2.71. The molecule has 2 heteroatoms. The van der Waals surface area contributed by atoms with Crippen molar-refractivity contribution in [1.29, 1.82) is 0 Å². The minimum absolute atomic E-state index is 0.382. The molecular weight excluding hydrogens is 208 g/mol. The lowest BCUT2D eigenvalue weighted by Gasteiger charge is -2.38. The molecule has 2 unspecified atom stereocenters. The molecule has 0 amide bonds. The monoisotopic (exact) mass is 230 g/mol. The number of nitrogens with zero attached hydrogens (tertiary/aromatic N) is 1. The van der Waals surface area contributed by atoms with Gasteiger partial charge in [0, 0.05) is 23.3 Å². The van der Waals surface area contributed by atoms with Gasteiger partial charge >= 0.3 is 0 Å². The smallest absolute Gasteiger partial charge is 0.0445 e. The molecule has 2 aliphatic rings. The summed E-state index contributed by atoms with van der Waals surface area (Å²) in [5.41, 5.74) is 4.55. The normalized spacial score (nSPS) is 31.8. The zero-order valence-corrected chi connectivity index (χ0v) is 10.9. The van der Waals surface area contributed by atoms with Gasteiger partial charge in [-0.3, -0.25) is 4.98 Å². The van der Waals surface area contributed by atoms with Crippen LogP contribution in [-0.4, -0.2) is 18.1 Å². The van der Waals surface area contributed by atoms with Crippen molar-refractivity contribution in [3.8, 4) is 0 Å². The Hall–Kier alpha value is -0.890. The molecule has 2 heterocycles.